The number of carbonyl (C=O) groups excluding carboxylic acids is 2. The Labute approximate surface area is 161 Å². The Morgan fingerprint density at radius 1 is 1.33 bits per heavy atom. The predicted octanol–water partition coefficient (Wildman–Crippen LogP) is 2.63. The third-order valence-electron chi connectivity index (χ3n) is 5.90. The van der Waals surface area contributed by atoms with Crippen molar-refractivity contribution in [1.29, 1.82) is 0 Å². The number of amides is 2. The summed E-state index contributed by atoms with van der Waals surface area (Å²) in [5, 5.41) is 0. The molecule has 0 aromatic carbocycles. The summed E-state index contributed by atoms with van der Waals surface area (Å²) in [6, 6.07) is 3.92. The molecule has 1 spiro atoms. The Kier molecular flexibility index (Phi) is 6.47. The van der Waals surface area contributed by atoms with Gasteiger partial charge in [0.2, 0.25) is 5.91 Å². The summed E-state index contributed by atoms with van der Waals surface area (Å²) in [5.41, 5.74) is 1.21. The molecule has 1 aromatic rings. The van der Waals surface area contributed by atoms with E-state index in [2.05, 4.69) is 4.98 Å². The molecule has 27 heavy (non-hydrogen) atoms. The highest BCUT2D eigenvalue weighted by Gasteiger charge is 2.42. The highest BCUT2D eigenvalue weighted by Crippen LogP contribution is 2.40. The topological polar surface area (TPSA) is 62.7 Å². The molecule has 0 saturated carbocycles. The number of nitrogens with zero attached hydrogens (tertiary/aromatic N) is 3. The Morgan fingerprint density at radius 2 is 2.11 bits per heavy atom. The fraction of sp³-hybridized carbons (Fsp3) is 0.667. The zero-order valence-electron chi connectivity index (χ0n) is 16.5. The summed E-state index contributed by atoms with van der Waals surface area (Å²) in [6.45, 7) is 7.43. The molecule has 1 atom stereocenters. The third-order valence-corrected chi connectivity index (χ3v) is 5.90. The van der Waals surface area contributed by atoms with E-state index in [1.165, 1.54) is 0 Å². The minimum Gasteiger partial charge on any atom is -0.369 e. The van der Waals surface area contributed by atoms with Gasteiger partial charge in [0.1, 0.15) is 6.10 Å². The van der Waals surface area contributed by atoms with Crippen LogP contribution in [0.15, 0.2) is 24.5 Å². The Bertz CT molecular complexity index is 641. The Balaban J connectivity index is 1.56. The first kappa shape index (κ1) is 19.8. The van der Waals surface area contributed by atoms with E-state index in [0.717, 1.165) is 50.9 Å². The minimum absolute atomic E-state index is 0.0948. The van der Waals surface area contributed by atoms with Crippen LogP contribution in [0, 0.1) is 5.41 Å². The summed E-state index contributed by atoms with van der Waals surface area (Å²) in [5.74, 6) is 0.321. The SMILES string of the molecule is CCCOC(C)C(=O)N1CCC2(CCC(=O)N(Cc3cccnc3)C2)CC1. The Hall–Kier alpha value is -1.95. The van der Waals surface area contributed by atoms with E-state index in [-0.39, 0.29) is 23.3 Å². The van der Waals surface area contributed by atoms with Crippen molar-refractivity contribution in [3.63, 3.8) is 0 Å². The normalized spacial score (nSPS) is 20.7. The first-order valence-electron chi connectivity index (χ1n) is 10.1. The van der Waals surface area contributed by atoms with E-state index >= 15 is 0 Å². The second-order valence-electron chi connectivity index (χ2n) is 7.95. The van der Waals surface area contributed by atoms with Gasteiger partial charge in [0, 0.05) is 51.6 Å². The van der Waals surface area contributed by atoms with E-state index in [0.29, 0.717) is 19.6 Å². The second kappa shape index (κ2) is 8.83. The molecule has 0 N–H and O–H groups in total. The van der Waals surface area contributed by atoms with Gasteiger partial charge in [-0.15, -0.1) is 0 Å². The molecule has 148 valence electrons. The van der Waals surface area contributed by atoms with Crippen LogP contribution in [-0.2, 0) is 20.9 Å². The first-order chi connectivity index (χ1) is 13.0. The van der Waals surface area contributed by atoms with E-state index in [1.54, 1.807) is 6.20 Å². The largest absolute Gasteiger partial charge is 0.369 e. The quantitative estimate of drug-likeness (QED) is 0.769. The average molecular weight is 373 g/mol. The van der Waals surface area contributed by atoms with Crippen LogP contribution in [0.25, 0.3) is 0 Å². The van der Waals surface area contributed by atoms with Crippen LogP contribution < -0.4 is 0 Å². The van der Waals surface area contributed by atoms with Gasteiger partial charge in [-0.05, 0) is 49.7 Å². The van der Waals surface area contributed by atoms with Gasteiger partial charge < -0.3 is 14.5 Å². The van der Waals surface area contributed by atoms with Crippen LogP contribution in [0.5, 0.6) is 0 Å². The lowest BCUT2D eigenvalue weighted by Gasteiger charge is -2.47. The van der Waals surface area contributed by atoms with Crippen molar-refractivity contribution < 1.29 is 14.3 Å². The predicted molar refractivity (Wildman–Crippen MR) is 103 cm³/mol. The summed E-state index contributed by atoms with van der Waals surface area (Å²) in [4.78, 5) is 33.0. The van der Waals surface area contributed by atoms with Crippen LogP contribution in [0.4, 0.5) is 0 Å². The fourth-order valence-electron chi connectivity index (χ4n) is 4.19. The van der Waals surface area contributed by atoms with Crippen LogP contribution in [0.2, 0.25) is 0 Å². The van der Waals surface area contributed by atoms with Gasteiger partial charge in [-0.3, -0.25) is 14.6 Å². The number of hydrogen-bond donors (Lipinski definition) is 0. The minimum atomic E-state index is -0.367. The Morgan fingerprint density at radius 3 is 2.78 bits per heavy atom. The lowest BCUT2D eigenvalue weighted by Crippen LogP contribution is -2.53. The molecular formula is C21H31N3O3. The van der Waals surface area contributed by atoms with Crippen molar-refractivity contribution >= 4 is 11.8 Å². The molecule has 2 aliphatic rings. The smallest absolute Gasteiger partial charge is 0.251 e. The third kappa shape index (κ3) is 4.86. The van der Waals surface area contributed by atoms with Gasteiger partial charge in [-0.1, -0.05) is 13.0 Å². The maximum atomic E-state index is 12.6. The standard InChI is InChI=1S/C21H31N3O3/c1-3-13-27-17(2)20(26)23-11-8-21(9-12-23)7-6-19(25)24(16-21)15-18-5-4-10-22-14-18/h4-5,10,14,17H,3,6-9,11-13,15-16H2,1-2H3. The van der Waals surface area contributed by atoms with Crippen LogP contribution in [-0.4, -0.2) is 58.9 Å². The summed E-state index contributed by atoms with van der Waals surface area (Å²) >= 11 is 0. The fourth-order valence-corrected chi connectivity index (χ4v) is 4.19. The highest BCUT2D eigenvalue weighted by atomic mass is 16.5. The van der Waals surface area contributed by atoms with Gasteiger partial charge >= 0.3 is 0 Å². The van der Waals surface area contributed by atoms with Gasteiger partial charge in [0.05, 0.1) is 0 Å². The van der Waals surface area contributed by atoms with Crippen LogP contribution in [0.3, 0.4) is 0 Å². The van der Waals surface area contributed by atoms with Crippen molar-refractivity contribution in [3.8, 4) is 0 Å². The summed E-state index contributed by atoms with van der Waals surface area (Å²) < 4.78 is 5.59. The number of ether oxygens (including phenoxy) is 1. The van der Waals surface area contributed by atoms with E-state index < -0.39 is 0 Å². The maximum absolute atomic E-state index is 12.6. The molecule has 1 unspecified atom stereocenters. The molecule has 1 aromatic heterocycles. The molecule has 2 amide bonds. The van der Waals surface area contributed by atoms with Gasteiger partial charge in [0.15, 0.2) is 0 Å². The first-order valence-corrected chi connectivity index (χ1v) is 10.1. The number of pyridine rings is 1. The molecular weight excluding hydrogens is 342 g/mol. The van der Waals surface area contributed by atoms with E-state index in [9.17, 15) is 9.59 Å². The number of likely N-dealkylation sites (tertiary alicyclic amines) is 2. The molecule has 6 heteroatoms. The molecule has 0 aliphatic carbocycles. The van der Waals surface area contributed by atoms with Crippen LogP contribution >= 0.6 is 0 Å². The highest BCUT2D eigenvalue weighted by molar-refractivity contribution is 5.80. The number of carbonyl (C=O) groups is 2. The number of hydrogen-bond acceptors (Lipinski definition) is 4. The maximum Gasteiger partial charge on any atom is 0.251 e. The van der Waals surface area contributed by atoms with Crippen molar-refractivity contribution in [2.75, 3.05) is 26.2 Å². The van der Waals surface area contributed by atoms with Crippen molar-refractivity contribution in [3.05, 3.63) is 30.1 Å². The molecule has 0 radical (unpaired) electrons. The van der Waals surface area contributed by atoms with E-state index in [4.69, 9.17) is 4.74 Å². The summed E-state index contributed by atoms with van der Waals surface area (Å²) in [6.07, 6.45) is 7.57. The lowest BCUT2D eigenvalue weighted by molar-refractivity contribution is -0.148. The van der Waals surface area contributed by atoms with Gasteiger partial charge in [-0.2, -0.15) is 0 Å². The number of piperidine rings is 2. The lowest BCUT2D eigenvalue weighted by atomic mass is 9.72. The number of rotatable bonds is 6. The van der Waals surface area contributed by atoms with Gasteiger partial charge in [0.25, 0.3) is 5.91 Å². The molecule has 2 fully saturated rings. The molecule has 6 nitrogen and oxygen atoms in total. The second-order valence-corrected chi connectivity index (χ2v) is 7.95. The molecule has 3 heterocycles. The zero-order valence-corrected chi connectivity index (χ0v) is 16.5. The van der Waals surface area contributed by atoms with Crippen molar-refractivity contribution in [2.45, 2.75) is 58.6 Å². The molecule has 0 bridgehead atoms. The molecule has 3 rings (SSSR count). The number of aromatic nitrogens is 1. The average Bonchev–Trinajstić information content (AvgIpc) is 2.70. The molecule has 2 saturated heterocycles. The van der Waals surface area contributed by atoms with Gasteiger partial charge in [-0.25, -0.2) is 0 Å². The van der Waals surface area contributed by atoms with E-state index in [1.807, 2.05) is 42.0 Å². The zero-order chi connectivity index (χ0) is 19.3. The molecule has 2 aliphatic heterocycles. The summed E-state index contributed by atoms with van der Waals surface area (Å²) in [7, 11) is 0. The van der Waals surface area contributed by atoms with Crippen molar-refractivity contribution in [2.24, 2.45) is 5.41 Å². The van der Waals surface area contributed by atoms with Crippen LogP contribution in [0.1, 0.15) is 51.5 Å². The monoisotopic (exact) mass is 373 g/mol. The van der Waals surface area contributed by atoms with Crippen molar-refractivity contribution in [1.82, 2.24) is 14.8 Å².